The lowest BCUT2D eigenvalue weighted by molar-refractivity contribution is 0.331. The van der Waals surface area contributed by atoms with E-state index in [1.807, 2.05) is 18.2 Å². The molecule has 0 aliphatic heterocycles. The number of rotatable bonds is 0. The number of hydrogen-bond donors (Lipinski definition) is 1. The van der Waals surface area contributed by atoms with Gasteiger partial charge in [0, 0.05) is 18.4 Å². The maximum Gasteiger partial charge on any atom is 0.0267 e. The van der Waals surface area contributed by atoms with Crippen LogP contribution in [0.1, 0.15) is 32.6 Å². The van der Waals surface area contributed by atoms with Crippen molar-refractivity contribution in [1.82, 2.24) is 4.98 Å². The van der Waals surface area contributed by atoms with Crippen molar-refractivity contribution >= 4 is 0 Å². The lowest BCUT2D eigenvalue weighted by Crippen LogP contribution is -2.30. The van der Waals surface area contributed by atoms with Gasteiger partial charge in [0.15, 0.2) is 0 Å². The van der Waals surface area contributed by atoms with Gasteiger partial charge in [-0.05, 0) is 30.9 Å². The van der Waals surface area contributed by atoms with E-state index in [2.05, 4.69) is 11.9 Å². The first-order chi connectivity index (χ1) is 6.80. The van der Waals surface area contributed by atoms with Crippen LogP contribution in [0.5, 0.6) is 0 Å². The van der Waals surface area contributed by atoms with E-state index in [0.717, 1.165) is 5.92 Å². The minimum absolute atomic E-state index is 0.503. The second-order valence-electron chi connectivity index (χ2n) is 3.95. The predicted octanol–water partition coefficient (Wildman–Crippen LogP) is 2.61. The second kappa shape index (κ2) is 6.55. The molecule has 78 valence electrons. The molecule has 2 N–H and O–H groups in total. The lowest BCUT2D eigenvalue weighted by atomic mass is 9.87. The summed E-state index contributed by atoms with van der Waals surface area (Å²) in [5.41, 5.74) is 5.78. The Morgan fingerprint density at radius 2 is 1.71 bits per heavy atom. The quantitative estimate of drug-likeness (QED) is 0.686. The molecule has 0 amide bonds. The van der Waals surface area contributed by atoms with E-state index < -0.39 is 0 Å². The van der Waals surface area contributed by atoms with Gasteiger partial charge in [-0.1, -0.05) is 25.8 Å². The van der Waals surface area contributed by atoms with Crippen LogP contribution in [0, 0.1) is 5.92 Å². The molecule has 0 saturated heterocycles. The Morgan fingerprint density at radius 1 is 1.07 bits per heavy atom. The van der Waals surface area contributed by atoms with Crippen molar-refractivity contribution in [1.29, 1.82) is 0 Å². The molecule has 1 aliphatic rings. The van der Waals surface area contributed by atoms with Crippen LogP contribution in [0.2, 0.25) is 0 Å². The van der Waals surface area contributed by atoms with Gasteiger partial charge in [-0.2, -0.15) is 0 Å². The highest BCUT2D eigenvalue weighted by molar-refractivity contribution is 4.88. The molecule has 1 fully saturated rings. The Labute approximate surface area is 86.5 Å². The Bertz CT molecular complexity index is 186. The fraction of sp³-hybridized carbons (Fsp3) is 0.583. The molecule has 1 aromatic rings. The van der Waals surface area contributed by atoms with E-state index in [1.165, 1.54) is 25.7 Å². The maximum absolute atomic E-state index is 5.78. The zero-order valence-electron chi connectivity index (χ0n) is 8.89. The topological polar surface area (TPSA) is 38.9 Å². The van der Waals surface area contributed by atoms with Crippen LogP contribution in [0.4, 0.5) is 0 Å². The summed E-state index contributed by atoms with van der Waals surface area (Å²) >= 11 is 0. The molecule has 14 heavy (non-hydrogen) atoms. The highest BCUT2D eigenvalue weighted by Gasteiger charge is 2.15. The third-order valence-corrected chi connectivity index (χ3v) is 2.74. The van der Waals surface area contributed by atoms with E-state index in [1.54, 1.807) is 12.4 Å². The van der Waals surface area contributed by atoms with Gasteiger partial charge in [-0.25, -0.2) is 0 Å². The van der Waals surface area contributed by atoms with E-state index in [4.69, 9.17) is 5.73 Å². The van der Waals surface area contributed by atoms with Crippen molar-refractivity contribution in [3.05, 3.63) is 30.6 Å². The number of nitrogens with two attached hydrogens (primary N) is 1. The molecule has 1 heterocycles. The standard InChI is InChI=1S/C7H15N.C5H5N/c1-6-4-2-3-5-7(6)8;1-2-4-6-5-3-1/h6-7H,2-5,8H2,1H3;1-5H. The van der Waals surface area contributed by atoms with Crippen molar-refractivity contribution in [2.45, 2.75) is 38.6 Å². The van der Waals surface area contributed by atoms with Gasteiger partial charge in [-0.3, -0.25) is 4.98 Å². The average molecular weight is 192 g/mol. The summed E-state index contributed by atoms with van der Waals surface area (Å²) in [6.07, 6.45) is 8.85. The summed E-state index contributed by atoms with van der Waals surface area (Å²) in [6.45, 7) is 2.25. The fourth-order valence-corrected chi connectivity index (χ4v) is 1.66. The van der Waals surface area contributed by atoms with Crippen LogP contribution in [-0.4, -0.2) is 11.0 Å². The van der Waals surface area contributed by atoms with Crippen LogP contribution in [0.3, 0.4) is 0 Å². The molecule has 2 rings (SSSR count). The fourth-order valence-electron chi connectivity index (χ4n) is 1.66. The van der Waals surface area contributed by atoms with Crippen LogP contribution in [0.15, 0.2) is 30.6 Å². The van der Waals surface area contributed by atoms with Crippen molar-refractivity contribution in [2.24, 2.45) is 11.7 Å². The monoisotopic (exact) mass is 192 g/mol. The second-order valence-corrected chi connectivity index (χ2v) is 3.95. The molecule has 0 aromatic carbocycles. The Morgan fingerprint density at radius 3 is 2.00 bits per heavy atom. The smallest absolute Gasteiger partial charge is 0.0267 e. The minimum atomic E-state index is 0.503. The van der Waals surface area contributed by atoms with E-state index in [0.29, 0.717) is 6.04 Å². The molecule has 1 saturated carbocycles. The first kappa shape index (κ1) is 11.2. The molecule has 1 aliphatic carbocycles. The van der Waals surface area contributed by atoms with E-state index >= 15 is 0 Å². The van der Waals surface area contributed by atoms with Gasteiger partial charge in [0.2, 0.25) is 0 Å². The molecule has 0 radical (unpaired) electrons. The molecular weight excluding hydrogens is 172 g/mol. The first-order valence-electron chi connectivity index (χ1n) is 5.41. The first-order valence-corrected chi connectivity index (χ1v) is 5.41. The van der Waals surface area contributed by atoms with Crippen LogP contribution in [-0.2, 0) is 0 Å². The number of pyridine rings is 1. The van der Waals surface area contributed by atoms with Gasteiger partial charge < -0.3 is 5.73 Å². The van der Waals surface area contributed by atoms with Crippen LogP contribution >= 0.6 is 0 Å². The van der Waals surface area contributed by atoms with Crippen molar-refractivity contribution < 1.29 is 0 Å². The molecular formula is C12H20N2. The van der Waals surface area contributed by atoms with Crippen molar-refractivity contribution in [3.63, 3.8) is 0 Å². The number of hydrogen-bond acceptors (Lipinski definition) is 2. The van der Waals surface area contributed by atoms with Crippen molar-refractivity contribution in [3.8, 4) is 0 Å². The maximum atomic E-state index is 5.78. The molecule has 2 heteroatoms. The molecule has 2 nitrogen and oxygen atoms in total. The number of nitrogens with zero attached hydrogens (tertiary/aromatic N) is 1. The largest absolute Gasteiger partial charge is 0.327 e. The summed E-state index contributed by atoms with van der Waals surface area (Å²) in [4.78, 5) is 3.78. The van der Waals surface area contributed by atoms with Crippen LogP contribution in [0.25, 0.3) is 0 Å². The Kier molecular flexibility index (Phi) is 5.23. The van der Waals surface area contributed by atoms with E-state index in [9.17, 15) is 0 Å². The third-order valence-electron chi connectivity index (χ3n) is 2.74. The molecule has 2 atom stereocenters. The van der Waals surface area contributed by atoms with Crippen LogP contribution < -0.4 is 5.73 Å². The zero-order chi connectivity index (χ0) is 10.2. The van der Waals surface area contributed by atoms with Gasteiger partial charge in [0.25, 0.3) is 0 Å². The average Bonchev–Trinajstić information content (AvgIpc) is 2.26. The summed E-state index contributed by atoms with van der Waals surface area (Å²) in [6, 6.07) is 6.22. The summed E-state index contributed by atoms with van der Waals surface area (Å²) in [5, 5.41) is 0. The normalized spacial score (nSPS) is 26.1. The predicted molar refractivity (Wildman–Crippen MR) is 59.8 cm³/mol. The van der Waals surface area contributed by atoms with Gasteiger partial charge >= 0.3 is 0 Å². The lowest BCUT2D eigenvalue weighted by Gasteiger charge is -2.24. The zero-order valence-corrected chi connectivity index (χ0v) is 8.89. The Balaban J connectivity index is 0.000000146. The van der Waals surface area contributed by atoms with Gasteiger partial charge in [-0.15, -0.1) is 0 Å². The molecule has 0 bridgehead atoms. The molecule has 2 unspecified atom stereocenters. The summed E-state index contributed by atoms with van der Waals surface area (Å²) < 4.78 is 0. The third kappa shape index (κ3) is 4.38. The summed E-state index contributed by atoms with van der Waals surface area (Å²) in [5.74, 6) is 0.781. The van der Waals surface area contributed by atoms with Gasteiger partial charge in [0.05, 0.1) is 0 Å². The SMILES string of the molecule is CC1CCCCC1N.c1ccncc1. The molecule has 0 spiro atoms. The Hall–Kier alpha value is -0.890. The number of aromatic nitrogens is 1. The van der Waals surface area contributed by atoms with Gasteiger partial charge in [0.1, 0.15) is 0 Å². The summed E-state index contributed by atoms with van der Waals surface area (Å²) in [7, 11) is 0. The highest BCUT2D eigenvalue weighted by atomic mass is 14.6. The van der Waals surface area contributed by atoms with Crippen molar-refractivity contribution in [2.75, 3.05) is 0 Å². The highest BCUT2D eigenvalue weighted by Crippen LogP contribution is 2.21. The molecule has 1 aromatic heterocycles. The van der Waals surface area contributed by atoms with E-state index in [-0.39, 0.29) is 0 Å². The minimum Gasteiger partial charge on any atom is -0.327 e.